The molecular formula is C13H20N4O2. The average Bonchev–Trinajstić information content (AvgIpc) is 2.38. The molecule has 0 radical (unpaired) electrons. The lowest BCUT2D eigenvalue weighted by Gasteiger charge is -2.38. The van der Waals surface area contributed by atoms with Gasteiger partial charge in [-0.25, -0.2) is 9.97 Å². The second kappa shape index (κ2) is 5.63. The maximum absolute atomic E-state index is 11.9. The molecule has 1 aromatic heterocycles. The van der Waals surface area contributed by atoms with Crippen LogP contribution >= 0.6 is 0 Å². The van der Waals surface area contributed by atoms with Gasteiger partial charge in [-0.15, -0.1) is 0 Å². The normalized spacial score (nSPS) is 24.2. The van der Waals surface area contributed by atoms with Crippen LogP contribution in [0.5, 0.6) is 0 Å². The average molecular weight is 264 g/mol. The minimum atomic E-state index is -0.783. The molecule has 0 spiro atoms. The second-order valence-corrected chi connectivity index (χ2v) is 4.96. The number of nitrogens with one attached hydrogen (secondary N) is 1. The van der Waals surface area contributed by atoms with E-state index in [2.05, 4.69) is 20.2 Å². The lowest BCUT2D eigenvalue weighted by atomic mass is 10.0. The van der Waals surface area contributed by atoms with Crippen molar-refractivity contribution in [3.8, 4) is 0 Å². The standard InChI is InChI=1S/C13H20N4O2/c1-10-15-5-4-11(16-10)8-17-6-7-19-13(2,9-17)12(18)14-3/h4-5H,6-9H2,1-3H3,(H,14,18)/t13-/m0/s1. The van der Waals surface area contributed by atoms with Gasteiger partial charge in [-0.1, -0.05) is 0 Å². The second-order valence-electron chi connectivity index (χ2n) is 4.96. The van der Waals surface area contributed by atoms with Crippen molar-refractivity contribution < 1.29 is 9.53 Å². The quantitative estimate of drug-likeness (QED) is 0.840. The van der Waals surface area contributed by atoms with Crippen LogP contribution in [0.2, 0.25) is 0 Å². The fourth-order valence-electron chi connectivity index (χ4n) is 2.31. The summed E-state index contributed by atoms with van der Waals surface area (Å²) in [5.74, 6) is 0.677. The first-order valence-electron chi connectivity index (χ1n) is 6.40. The molecule has 6 heteroatoms. The summed E-state index contributed by atoms with van der Waals surface area (Å²) >= 11 is 0. The smallest absolute Gasteiger partial charge is 0.253 e. The van der Waals surface area contributed by atoms with Crippen LogP contribution in [0.3, 0.4) is 0 Å². The Labute approximate surface area is 113 Å². The van der Waals surface area contributed by atoms with Crippen molar-refractivity contribution >= 4 is 5.91 Å². The number of morpholine rings is 1. The molecule has 6 nitrogen and oxygen atoms in total. The molecule has 1 amide bonds. The van der Waals surface area contributed by atoms with Gasteiger partial charge in [0.1, 0.15) is 5.82 Å². The molecule has 19 heavy (non-hydrogen) atoms. The number of nitrogens with zero attached hydrogens (tertiary/aromatic N) is 3. The fourth-order valence-corrected chi connectivity index (χ4v) is 2.31. The van der Waals surface area contributed by atoms with E-state index in [9.17, 15) is 4.79 Å². The van der Waals surface area contributed by atoms with Crippen molar-refractivity contribution in [2.45, 2.75) is 26.0 Å². The van der Waals surface area contributed by atoms with Crippen LogP contribution in [-0.2, 0) is 16.1 Å². The van der Waals surface area contributed by atoms with E-state index in [1.807, 2.05) is 19.9 Å². The van der Waals surface area contributed by atoms with Gasteiger partial charge in [-0.3, -0.25) is 9.69 Å². The third kappa shape index (κ3) is 3.27. The van der Waals surface area contributed by atoms with Gasteiger partial charge in [0.15, 0.2) is 5.60 Å². The zero-order chi connectivity index (χ0) is 13.9. The topological polar surface area (TPSA) is 67.4 Å². The predicted octanol–water partition coefficient (Wildman–Crippen LogP) is 0.122. The molecule has 1 aliphatic heterocycles. The zero-order valence-electron chi connectivity index (χ0n) is 11.6. The number of rotatable bonds is 3. The largest absolute Gasteiger partial charge is 0.363 e. The maximum atomic E-state index is 11.9. The third-order valence-corrected chi connectivity index (χ3v) is 3.28. The highest BCUT2D eigenvalue weighted by Gasteiger charge is 2.38. The van der Waals surface area contributed by atoms with Gasteiger partial charge in [0.05, 0.1) is 12.3 Å². The number of hydrogen-bond donors (Lipinski definition) is 1. The van der Waals surface area contributed by atoms with Gasteiger partial charge in [0.2, 0.25) is 0 Å². The highest BCUT2D eigenvalue weighted by Crippen LogP contribution is 2.19. The summed E-state index contributed by atoms with van der Waals surface area (Å²) in [7, 11) is 1.63. The van der Waals surface area contributed by atoms with Crippen LogP contribution in [0.15, 0.2) is 12.3 Å². The van der Waals surface area contributed by atoms with E-state index in [0.29, 0.717) is 19.7 Å². The highest BCUT2D eigenvalue weighted by atomic mass is 16.5. The molecule has 0 unspecified atom stereocenters. The first kappa shape index (κ1) is 13.9. The van der Waals surface area contributed by atoms with Crippen LogP contribution in [-0.4, -0.2) is 53.1 Å². The van der Waals surface area contributed by atoms with E-state index in [1.54, 1.807) is 13.2 Å². The molecule has 1 fully saturated rings. The molecule has 2 heterocycles. The van der Waals surface area contributed by atoms with Gasteiger partial charge >= 0.3 is 0 Å². The fraction of sp³-hybridized carbons (Fsp3) is 0.615. The van der Waals surface area contributed by atoms with Crippen molar-refractivity contribution in [3.05, 3.63) is 23.8 Å². The molecule has 1 N–H and O–H groups in total. The number of carbonyl (C=O) groups is 1. The Bertz CT molecular complexity index is 466. The summed E-state index contributed by atoms with van der Waals surface area (Å²) in [5.41, 5.74) is 0.184. The first-order chi connectivity index (χ1) is 9.03. The van der Waals surface area contributed by atoms with Crippen molar-refractivity contribution in [1.29, 1.82) is 0 Å². The van der Waals surface area contributed by atoms with E-state index in [-0.39, 0.29) is 5.91 Å². The summed E-state index contributed by atoms with van der Waals surface area (Å²) in [6.45, 7) is 6.32. The van der Waals surface area contributed by atoms with E-state index in [1.165, 1.54) is 0 Å². The molecular weight excluding hydrogens is 244 g/mol. The van der Waals surface area contributed by atoms with Gasteiger partial charge in [-0.2, -0.15) is 0 Å². The van der Waals surface area contributed by atoms with Gasteiger partial charge in [0.25, 0.3) is 5.91 Å². The molecule has 1 aromatic rings. The first-order valence-corrected chi connectivity index (χ1v) is 6.40. The van der Waals surface area contributed by atoms with Crippen molar-refractivity contribution in [2.75, 3.05) is 26.7 Å². The molecule has 2 rings (SSSR count). The minimum absolute atomic E-state index is 0.0870. The van der Waals surface area contributed by atoms with Crippen LogP contribution in [0.1, 0.15) is 18.4 Å². The van der Waals surface area contributed by atoms with Gasteiger partial charge in [0, 0.05) is 32.9 Å². The third-order valence-electron chi connectivity index (χ3n) is 3.28. The van der Waals surface area contributed by atoms with E-state index in [4.69, 9.17) is 4.74 Å². The lowest BCUT2D eigenvalue weighted by molar-refractivity contribution is -0.156. The van der Waals surface area contributed by atoms with Gasteiger partial charge < -0.3 is 10.1 Å². The van der Waals surface area contributed by atoms with Crippen molar-refractivity contribution in [1.82, 2.24) is 20.2 Å². The molecule has 0 aliphatic carbocycles. The Kier molecular flexibility index (Phi) is 4.11. The van der Waals surface area contributed by atoms with Crippen LogP contribution in [0.4, 0.5) is 0 Å². The Morgan fingerprint density at radius 2 is 2.42 bits per heavy atom. The minimum Gasteiger partial charge on any atom is -0.363 e. The SMILES string of the molecule is CNC(=O)[C@]1(C)CN(Cc2ccnc(C)n2)CCO1. The van der Waals surface area contributed by atoms with E-state index < -0.39 is 5.60 Å². The van der Waals surface area contributed by atoms with E-state index >= 15 is 0 Å². The lowest BCUT2D eigenvalue weighted by Crippen LogP contribution is -2.57. The summed E-state index contributed by atoms with van der Waals surface area (Å²) < 4.78 is 5.62. The molecule has 104 valence electrons. The van der Waals surface area contributed by atoms with Crippen LogP contribution < -0.4 is 5.32 Å². The summed E-state index contributed by atoms with van der Waals surface area (Å²) in [4.78, 5) is 22.5. The Hall–Kier alpha value is -1.53. The number of aromatic nitrogens is 2. The number of amides is 1. The van der Waals surface area contributed by atoms with Gasteiger partial charge in [-0.05, 0) is 19.9 Å². The molecule has 1 saturated heterocycles. The Morgan fingerprint density at radius 1 is 1.63 bits per heavy atom. The van der Waals surface area contributed by atoms with Crippen molar-refractivity contribution in [3.63, 3.8) is 0 Å². The monoisotopic (exact) mass is 264 g/mol. The molecule has 1 atom stereocenters. The molecule has 0 saturated carbocycles. The molecule has 0 bridgehead atoms. The zero-order valence-corrected chi connectivity index (χ0v) is 11.6. The summed E-state index contributed by atoms with van der Waals surface area (Å²) in [6, 6.07) is 1.90. The number of likely N-dealkylation sites (N-methyl/N-ethyl adjacent to an activating group) is 1. The molecule has 0 aromatic carbocycles. The molecule has 1 aliphatic rings. The Morgan fingerprint density at radius 3 is 3.11 bits per heavy atom. The summed E-state index contributed by atoms with van der Waals surface area (Å²) in [5, 5.41) is 2.65. The maximum Gasteiger partial charge on any atom is 0.253 e. The Balaban J connectivity index is 2.04. The predicted molar refractivity (Wildman–Crippen MR) is 70.5 cm³/mol. The number of carbonyl (C=O) groups excluding carboxylic acids is 1. The van der Waals surface area contributed by atoms with Crippen LogP contribution in [0.25, 0.3) is 0 Å². The number of aryl methyl sites for hydroxylation is 1. The van der Waals surface area contributed by atoms with E-state index in [0.717, 1.165) is 18.1 Å². The number of hydrogen-bond acceptors (Lipinski definition) is 5. The van der Waals surface area contributed by atoms with Crippen molar-refractivity contribution in [2.24, 2.45) is 0 Å². The number of ether oxygens (including phenoxy) is 1. The highest BCUT2D eigenvalue weighted by molar-refractivity contribution is 5.84. The van der Waals surface area contributed by atoms with Crippen LogP contribution in [0, 0.1) is 6.92 Å². The summed E-state index contributed by atoms with van der Waals surface area (Å²) in [6.07, 6.45) is 1.76.